The zero-order valence-electron chi connectivity index (χ0n) is 9.89. The van der Waals surface area contributed by atoms with Gasteiger partial charge in [-0.25, -0.2) is 0 Å². The Labute approximate surface area is 122 Å². The van der Waals surface area contributed by atoms with Crippen LogP contribution in [0.3, 0.4) is 0 Å². The molecule has 0 bridgehead atoms. The molecular formula is C13H12Br2N2O. The van der Waals surface area contributed by atoms with Gasteiger partial charge in [-0.1, -0.05) is 15.9 Å². The first kappa shape index (κ1) is 12.4. The Balaban J connectivity index is 2.40. The molecule has 0 fully saturated rings. The van der Waals surface area contributed by atoms with Crippen LogP contribution < -0.4 is 5.32 Å². The number of ether oxygens (including phenoxy) is 1. The van der Waals surface area contributed by atoms with E-state index in [0.717, 1.165) is 44.3 Å². The Hall–Kier alpha value is -0.650. The van der Waals surface area contributed by atoms with Crippen LogP contribution in [-0.2, 0) is 17.8 Å². The topological polar surface area (TPSA) is 34.2 Å². The number of halogens is 2. The maximum atomic E-state index is 5.54. The Morgan fingerprint density at radius 1 is 1.33 bits per heavy atom. The molecule has 0 saturated heterocycles. The second-order valence-corrected chi connectivity index (χ2v) is 6.02. The molecule has 3 nitrogen and oxygen atoms in total. The van der Waals surface area contributed by atoms with Gasteiger partial charge in [0.2, 0.25) is 0 Å². The van der Waals surface area contributed by atoms with E-state index < -0.39 is 0 Å². The van der Waals surface area contributed by atoms with Crippen LogP contribution >= 0.6 is 31.9 Å². The number of pyridine rings is 1. The van der Waals surface area contributed by atoms with Crippen molar-refractivity contribution in [3.63, 3.8) is 0 Å². The standard InChI is InChI=1S/C13H12Br2N2O/c1-16-12-8-4-7(14)5-10(15)13(8)17-11-2-3-18-6-9(11)12/h4-5H,2-3,6H2,1H3,(H,16,17). The van der Waals surface area contributed by atoms with Crippen molar-refractivity contribution < 1.29 is 4.74 Å². The molecule has 0 saturated carbocycles. The summed E-state index contributed by atoms with van der Waals surface area (Å²) in [5, 5.41) is 4.40. The first-order valence-electron chi connectivity index (χ1n) is 5.76. The highest BCUT2D eigenvalue weighted by Crippen LogP contribution is 2.36. The van der Waals surface area contributed by atoms with Crippen molar-refractivity contribution in [1.29, 1.82) is 0 Å². The number of benzene rings is 1. The molecule has 0 amide bonds. The summed E-state index contributed by atoms with van der Waals surface area (Å²) in [6, 6.07) is 4.12. The van der Waals surface area contributed by atoms with Gasteiger partial charge in [0.25, 0.3) is 0 Å². The summed E-state index contributed by atoms with van der Waals surface area (Å²) < 4.78 is 7.59. The molecule has 0 atom stereocenters. The number of anilines is 1. The molecule has 1 aromatic heterocycles. The summed E-state index contributed by atoms with van der Waals surface area (Å²) >= 11 is 7.11. The molecular weight excluding hydrogens is 360 g/mol. The number of hydrogen-bond donors (Lipinski definition) is 1. The van der Waals surface area contributed by atoms with Crippen LogP contribution in [0.25, 0.3) is 10.9 Å². The molecule has 1 N–H and O–H groups in total. The summed E-state index contributed by atoms with van der Waals surface area (Å²) in [6.45, 7) is 1.39. The van der Waals surface area contributed by atoms with Crippen molar-refractivity contribution in [2.24, 2.45) is 0 Å². The molecule has 2 aromatic rings. The average Bonchev–Trinajstić information content (AvgIpc) is 2.36. The van der Waals surface area contributed by atoms with E-state index in [9.17, 15) is 0 Å². The van der Waals surface area contributed by atoms with Crippen LogP contribution in [0, 0.1) is 0 Å². The zero-order valence-corrected chi connectivity index (χ0v) is 13.1. The number of rotatable bonds is 1. The predicted octanol–water partition coefficient (Wildman–Crippen LogP) is 3.87. The van der Waals surface area contributed by atoms with Crippen molar-refractivity contribution in [3.8, 4) is 0 Å². The lowest BCUT2D eigenvalue weighted by Gasteiger charge is -2.21. The Bertz CT molecular complexity index is 628. The fourth-order valence-electron chi connectivity index (χ4n) is 2.37. The SMILES string of the molecule is CNc1c2c(nc3c(Br)cc(Br)cc13)CCOC2. The van der Waals surface area contributed by atoms with Gasteiger partial charge < -0.3 is 10.1 Å². The number of hydrogen-bond acceptors (Lipinski definition) is 3. The maximum Gasteiger partial charge on any atom is 0.0869 e. The third kappa shape index (κ3) is 1.94. The fourth-order valence-corrected chi connectivity index (χ4v) is 3.68. The molecule has 1 aromatic carbocycles. The Morgan fingerprint density at radius 2 is 2.17 bits per heavy atom. The maximum absolute atomic E-state index is 5.54. The second-order valence-electron chi connectivity index (χ2n) is 4.25. The quantitative estimate of drug-likeness (QED) is 0.826. The monoisotopic (exact) mass is 370 g/mol. The highest BCUT2D eigenvalue weighted by molar-refractivity contribution is 9.11. The summed E-state index contributed by atoms with van der Waals surface area (Å²) in [6.07, 6.45) is 0.877. The molecule has 0 spiro atoms. The third-order valence-corrected chi connectivity index (χ3v) is 4.24. The summed E-state index contributed by atoms with van der Waals surface area (Å²) in [5.41, 5.74) is 4.45. The van der Waals surface area contributed by atoms with Gasteiger partial charge >= 0.3 is 0 Å². The van der Waals surface area contributed by atoms with Gasteiger partial charge in [-0.3, -0.25) is 4.98 Å². The van der Waals surface area contributed by atoms with Crippen molar-refractivity contribution >= 4 is 48.5 Å². The minimum atomic E-state index is 0.637. The second kappa shape index (κ2) is 4.79. The van der Waals surface area contributed by atoms with Crippen molar-refractivity contribution in [2.75, 3.05) is 19.0 Å². The van der Waals surface area contributed by atoms with Crippen LogP contribution in [-0.4, -0.2) is 18.6 Å². The largest absolute Gasteiger partial charge is 0.387 e. The number of nitrogens with zero attached hydrogens (tertiary/aromatic N) is 1. The summed E-state index contributed by atoms with van der Waals surface area (Å²) in [5.74, 6) is 0. The van der Waals surface area contributed by atoms with Gasteiger partial charge in [-0.15, -0.1) is 0 Å². The van der Waals surface area contributed by atoms with E-state index in [1.807, 2.05) is 13.1 Å². The summed E-state index contributed by atoms with van der Waals surface area (Å²) in [7, 11) is 1.94. The highest BCUT2D eigenvalue weighted by atomic mass is 79.9. The van der Waals surface area contributed by atoms with Crippen LogP contribution in [0.5, 0.6) is 0 Å². The third-order valence-electron chi connectivity index (χ3n) is 3.17. The van der Waals surface area contributed by atoms with E-state index in [1.54, 1.807) is 0 Å². The smallest absolute Gasteiger partial charge is 0.0869 e. The van der Waals surface area contributed by atoms with E-state index in [4.69, 9.17) is 9.72 Å². The van der Waals surface area contributed by atoms with Crippen molar-refractivity contribution in [3.05, 3.63) is 32.3 Å². The van der Waals surface area contributed by atoms with E-state index in [1.165, 1.54) is 5.56 Å². The van der Waals surface area contributed by atoms with Crippen LogP contribution in [0.4, 0.5) is 5.69 Å². The predicted molar refractivity (Wildman–Crippen MR) is 80.0 cm³/mol. The van der Waals surface area contributed by atoms with E-state index in [2.05, 4.69) is 43.2 Å². The Kier molecular flexibility index (Phi) is 3.30. The Morgan fingerprint density at radius 3 is 2.94 bits per heavy atom. The van der Waals surface area contributed by atoms with Crippen LogP contribution in [0.2, 0.25) is 0 Å². The molecule has 1 aliphatic heterocycles. The average molecular weight is 372 g/mol. The zero-order chi connectivity index (χ0) is 12.7. The molecule has 1 aliphatic rings. The minimum Gasteiger partial charge on any atom is -0.387 e. The van der Waals surface area contributed by atoms with Crippen LogP contribution in [0.15, 0.2) is 21.1 Å². The van der Waals surface area contributed by atoms with Gasteiger partial charge in [0.1, 0.15) is 0 Å². The van der Waals surface area contributed by atoms with Gasteiger partial charge in [0.15, 0.2) is 0 Å². The van der Waals surface area contributed by atoms with Gasteiger partial charge in [0, 0.05) is 33.4 Å². The normalized spacial score (nSPS) is 14.6. The highest BCUT2D eigenvalue weighted by Gasteiger charge is 2.19. The van der Waals surface area contributed by atoms with Gasteiger partial charge in [0.05, 0.1) is 30.1 Å². The van der Waals surface area contributed by atoms with E-state index >= 15 is 0 Å². The van der Waals surface area contributed by atoms with Crippen molar-refractivity contribution in [2.45, 2.75) is 13.0 Å². The molecule has 18 heavy (non-hydrogen) atoms. The minimum absolute atomic E-state index is 0.637. The molecule has 94 valence electrons. The first-order chi connectivity index (χ1) is 8.70. The lowest BCUT2D eigenvalue weighted by atomic mass is 10.0. The molecule has 2 heterocycles. The molecule has 0 radical (unpaired) electrons. The number of fused-ring (bicyclic) bond motifs is 2. The van der Waals surface area contributed by atoms with Gasteiger partial charge in [-0.05, 0) is 28.1 Å². The molecule has 3 rings (SSSR count). The molecule has 0 unspecified atom stereocenters. The lowest BCUT2D eigenvalue weighted by molar-refractivity contribution is 0.110. The lowest BCUT2D eigenvalue weighted by Crippen LogP contribution is -2.14. The van der Waals surface area contributed by atoms with Gasteiger partial charge in [-0.2, -0.15) is 0 Å². The van der Waals surface area contributed by atoms with Crippen LogP contribution in [0.1, 0.15) is 11.3 Å². The summed E-state index contributed by atoms with van der Waals surface area (Å²) in [4.78, 5) is 4.78. The number of aromatic nitrogens is 1. The van der Waals surface area contributed by atoms with E-state index in [0.29, 0.717) is 6.61 Å². The van der Waals surface area contributed by atoms with E-state index in [-0.39, 0.29) is 0 Å². The number of nitrogens with one attached hydrogen (secondary N) is 1. The van der Waals surface area contributed by atoms with Crippen molar-refractivity contribution in [1.82, 2.24) is 4.98 Å². The fraction of sp³-hybridized carbons (Fsp3) is 0.308. The molecule has 5 heteroatoms. The molecule has 0 aliphatic carbocycles. The first-order valence-corrected chi connectivity index (χ1v) is 7.35.